The number of thioether (sulfide) groups is 1. The Kier molecular flexibility index (Phi) is 4.41. The highest BCUT2D eigenvalue weighted by molar-refractivity contribution is 8.04. The number of aldehydes is 1. The fourth-order valence-corrected chi connectivity index (χ4v) is 2.41. The van der Waals surface area contributed by atoms with Crippen LogP contribution >= 0.6 is 11.8 Å². The molecule has 1 aromatic rings. The Morgan fingerprint density at radius 3 is 2.89 bits per heavy atom. The first kappa shape index (κ1) is 12.7. The van der Waals surface area contributed by atoms with E-state index in [1.807, 2.05) is 30.3 Å². The van der Waals surface area contributed by atoms with Gasteiger partial charge in [0.05, 0.1) is 5.70 Å². The van der Waals surface area contributed by atoms with Crippen molar-refractivity contribution in [2.75, 3.05) is 12.3 Å². The number of carbonyl (C=O) groups is 2. The lowest BCUT2D eigenvalue weighted by atomic mass is 10.2. The molecular formula is C13H13NO3S. The largest absolute Gasteiger partial charge is 0.457 e. The molecule has 0 aromatic heterocycles. The molecule has 0 bridgehead atoms. The van der Waals surface area contributed by atoms with Gasteiger partial charge in [-0.1, -0.05) is 30.3 Å². The van der Waals surface area contributed by atoms with Crippen LogP contribution in [0.5, 0.6) is 0 Å². The maximum atomic E-state index is 11.8. The molecule has 1 heterocycles. The monoisotopic (exact) mass is 263 g/mol. The summed E-state index contributed by atoms with van der Waals surface area (Å²) in [6.07, 6.45) is 0.658. The molecule has 1 aliphatic heterocycles. The molecule has 4 nitrogen and oxygen atoms in total. The summed E-state index contributed by atoms with van der Waals surface area (Å²) in [6, 6.07) is 9.44. The van der Waals surface area contributed by atoms with Gasteiger partial charge in [-0.25, -0.2) is 4.79 Å². The van der Waals surface area contributed by atoms with Crippen LogP contribution in [-0.4, -0.2) is 24.6 Å². The smallest absolute Gasteiger partial charge is 0.347 e. The second kappa shape index (κ2) is 6.26. The molecule has 0 atom stereocenters. The Labute approximate surface area is 109 Å². The highest BCUT2D eigenvalue weighted by Crippen LogP contribution is 2.23. The lowest BCUT2D eigenvalue weighted by Crippen LogP contribution is -2.26. The average Bonchev–Trinajstić information content (AvgIpc) is 2.45. The minimum atomic E-state index is -0.446. The first-order valence-electron chi connectivity index (χ1n) is 5.58. The van der Waals surface area contributed by atoms with Crippen LogP contribution in [0, 0.1) is 0 Å². The van der Waals surface area contributed by atoms with Gasteiger partial charge in [0, 0.05) is 12.3 Å². The highest BCUT2D eigenvalue weighted by atomic mass is 32.2. The topological polar surface area (TPSA) is 55.4 Å². The number of carbonyl (C=O) groups excluding carboxylic acids is 2. The van der Waals surface area contributed by atoms with E-state index in [0.717, 1.165) is 11.3 Å². The third-order valence-corrected chi connectivity index (χ3v) is 3.51. The molecule has 0 spiro atoms. The van der Waals surface area contributed by atoms with Crippen molar-refractivity contribution in [2.24, 2.45) is 0 Å². The number of rotatable bonds is 4. The number of benzene rings is 1. The highest BCUT2D eigenvalue weighted by Gasteiger charge is 2.20. The van der Waals surface area contributed by atoms with Crippen molar-refractivity contribution in [1.82, 2.24) is 5.32 Å². The van der Waals surface area contributed by atoms with Crippen molar-refractivity contribution in [1.29, 1.82) is 0 Å². The van der Waals surface area contributed by atoms with Gasteiger partial charge in [-0.3, -0.25) is 4.79 Å². The second-order valence-corrected chi connectivity index (χ2v) is 4.80. The van der Waals surface area contributed by atoms with Crippen LogP contribution in [0.3, 0.4) is 0 Å². The van der Waals surface area contributed by atoms with Gasteiger partial charge in [0.15, 0.2) is 6.29 Å². The van der Waals surface area contributed by atoms with Crippen molar-refractivity contribution in [3.63, 3.8) is 0 Å². The van der Waals surface area contributed by atoms with Gasteiger partial charge < -0.3 is 10.1 Å². The molecule has 0 fully saturated rings. The van der Waals surface area contributed by atoms with Crippen LogP contribution in [0.15, 0.2) is 40.9 Å². The summed E-state index contributed by atoms with van der Waals surface area (Å²) in [4.78, 5) is 23.0. The van der Waals surface area contributed by atoms with Gasteiger partial charge in [-0.05, 0) is 5.56 Å². The summed E-state index contributed by atoms with van der Waals surface area (Å²) in [7, 11) is 0. The predicted molar refractivity (Wildman–Crippen MR) is 69.8 cm³/mol. The maximum Gasteiger partial charge on any atom is 0.347 e. The third-order valence-electron chi connectivity index (χ3n) is 2.42. The van der Waals surface area contributed by atoms with Gasteiger partial charge in [0.25, 0.3) is 0 Å². The quantitative estimate of drug-likeness (QED) is 0.658. The van der Waals surface area contributed by atoms with Crippen molar-refractivity contribution in [3.05, 3.63) is 46.5 Å². The molecule has 0 saturated carbocycles. The molecule has 2 rings (SSSR count). The Balaban J connectivity index is 1.99. The maximum absolute atomic E-state index is 11.8. The van der Waals surface area contributed by atoms with E-state index in [4.69, 9.17) is 4.74 Å². The van der Waals surface area contributed by atoms with Gasteiger partial charge in [-0.15, -0.1) is 11.8 Å². The molecule has 5 heteroatoms. The first-order chi connectivity index (χ1) is 8.81. The number of esters is 1. The summed E-state index contributed by atoms with van der Waals surface area (Å²) in [5.41, 5.74) is 1.25. The van der Waals surface area contributed by atoms with E-state index < -0.39 is 5.97 Å². The number of allylic oxidation sites excluding steroid dienone is 1. The van der Waals surface area contributed by atoms with Crippen LogP contribution in [0.1, 0.15) is 5.56 Å². The van der Waals surface area contributed by atoms with E-state index in [1.165, 1.54) is 11.8 Å². The van der Waals surface area contributed by atoms with E-state index in [1.54, 1.807) is 0 Å². The van der Waals surface area contributed by atoms with Gasteiger partial charge in [0.1, 0.15) is 11.5 Å². The third kappa shape index (κ3) is 3.13. The SMILES string of the molecule is O=CC1=C(C(=O)OCc2ccccc2)SCCN1. The molecule has 18 heavy (non-hydrogen) atoms. The lowest BCUT2D eigenvalue weighted by molar-refractivity contribution is -0.139. The fourth-order valence-electron chi connectivity index (χ4n) is 1.55. The van der Waals surface area contributed by atoms with Gasteiger partial charge >= 0.3 is 5.97 Å². The van der Waals surface area contributed by atoms with Gasteiger partial charge in [-0.2, -0.15) is 0 Å². The zero-order chi connectivity index (χ0) is 12.8. The average molecular weight is 263 g/mol. The van der Waals surface area contributed by atoms with Crippen molar-refractivity contribution >= 4 is 24.0 Å². The summed E-state index contributed by atoms with van der Waals surface area (Å²) >= 11 is 1.35. The van der Waals surface area contributed by atoms with E-state index in [9.17, 15) is 9.59 Å². The lowest BCUT2D eigenvalue weighted by Gasteiger charge is -2.16. The van der Waals surface area contributed by atoms with Crippen molar-refractivity contribution < 1.29 is 14.3 Å². The van der Waals surface area contributed by atoms with E-state index in [2.05, 4.69) is 5.32 Å². The Morgan fingerprint density at radius 2 is 2.17 bits per heavy atom. The van der Waals surface area contributed by atoms with Crippen LogP contribution < -0.4 is 5.32 Å². The van der Waals surface area contributed by atoms with Crippen molar-refractivity contribution in [2.45, 2.75) is 6.61 Å². The standard InChI is InChI=1S/C13H13NO3S/c15-8-11-12(18-7-6-14-11)13(16)17-9-10-4-2-1-3-5-10/h1-5,8,14H,6-7,9H2. The fraction of sp³-hybridized carbons (Fsp3) is 0.231. The zero-order valence-electron chi connectivity index (χ0n) is 9.72. The summed E-state index contributed by atoms with van der Waals surface area (Å²) in [5, 5.41) is 2.89. The molecule has 0 radical (unpaired) electrons. The Morgan fingerprint density at radius 1 is 1.39 bits per heavy atom. The van der Waals surface area contributed by atoms with Crippen LogP contribution in [-0.2, 0) is 20.9 Å². The van der Waals surface area contributed by atoms with E-state index in [-0.39, 0.29) is 6.61 Å². The van der Waals surface area contributed by atoms with Crippen LogP contribution in [0.25, 0.3) is 0 Å². The minimum absolute atomic E-state index is 0.218. The Bertz CT molecular complexity index is 470. The first-order valence-corrected chi connectivity index (χ1v) is 6.57. The minimum Gasteiger partial charge on any atom is -0.457 e. The molecular weight excluding hydrogens is 250 g/mol. The molecule has 94 valence electrons. The van der Waals surface area contributed by atoms with E-state index in [0.29, 0.717) is 23.4 Å². The summed E-state index contributed by atoms with van der Waals surface area (Å²) in [6.45, 7) is 0.907. The number of nitrogens with one attached hydrogen (secondary N) is 1. The predicted octanol–water partition coefficient (Wildman–Crippen LogP) is 1.48. The van der Waals surface area contributed by atoms with E-state index >= 15 is 0 Å². The molecule has 0 aliphatic carbocycles. The molecule has 0 amide bonds. The summed E-state index contributed by atoms with van der Waals surface area (Å²) < 4.78 is 5.18. The zero-order valence-corrected chi connectivity index (χ0v) is 10.5. The molecule has 1 aromatic carbocycles. The molecule has 1 aliphatic rings. The van der Waals surface area contributed by atoms with Crippen LogP contribution in [0.4, 0.5) is 0 Å². The normalized spacial score (nSPS) is 14.9. The van der Waals surface area contributed by atoms with Crippen molar-refractivity contribution in [3.8, 4) is 0 Å². The Hall–Kier alpha value is -1.75. The molecule has 0 unspecified atom stereocenters. The second-order valence-electron chi connectivity index (χ2n) is 3.70. The number of ether oxygens (including phenoxy) is 1. The van der Waals surface area contributed by atoms with Gasteiger partial charge in [0.2, 0.25) is 0 Å². The summed E-state index contributed by atoms with van der Waals surface area (Å²) in [5.74, 6) is 0.311. The molecule has 0 saturated heterocycles. The number of hydrogen-bond acceptors (Lipinski definition) is 5. The number of hydrogen-bond donors (Lipinski definition) is 1. The molecule has 1 N–H and O–H groups in total. The van der Waals surface area contributed by atoms with Crippen LogP contribution in [0.2, 0.25) is 0 Å².